The molecule has 1 aromatic carbocycles. The Kier molecular flexibility index (Phi) is 6.61. The number of aryl methyl sites for hydroxylation is 1. The molecule has 1 amide bonds. The van der Waals surface area contributed by atoms with Crippen LogP contribution in [0.1, 0.15) is 42.1 Å². The van der Waals surface area contributed by atoms with Gasteiger partial charge in [-0.15, -0.1) is 0 Å². The van der Waals surface area contributed by atoms with Crippen molar-refractivity contribution in [3.05, 3.63) is 47.7 Å². The van der Waals surface area contributed by atoms with Crippen LogP contribution in [0.15, 0.2) is 36.5 Å². The minimum Gasteiger partial charge on any atom is -0.495 e. The second kappa shape index (κ2) is 8.91. The maximum atomic E-state index is 12.4. The Morgan fingerprint density at radius 1 is 1.21 bits per heavy atom. The fourth-order valence-corrected chi connectivity index (χ4v) is 2.34. The molecule has 2 rings (SSSR count). The number of carbonyl (C=O) groups is 1. The van der Waals surface area contributed by atoms with Gasteiger partial charge in [0.25, 0.3) is 5.91 Å². The summed E-state index contributed by atoms with van der Waals surface area (Å²) in [6.07, 6.45) is 5.09. The lowest BCUT2D eigenvalue weighted by Crippen LogP contribution is -2.13. The molecular formula is C19H25N3O2. The van der Waals surface area contributed by atoms with Crippen LogP contribution in [0, 0.1) is 6.92 Å². The average molecular weight is 327 g/mol. The first-order valence-electron chi connectivity index (χ1n) is 8.30. The summed E-state index contributed by atoms with van der Waals surface area (Å²) >= 11 is 0. The van der Waals surface area contributed by atoms with Crippen molar-refractivity contribution in [3.63, 3.8) is 0 Å². The standard InChI is InChI=1S/C19H25N3O2/c1-4-5-6-11-20-18-10-8-15(13-21-18)19(23)22-16-12-14(2)7-9-17(16)24-3/h7-10,12-13H,4-6,11H2,1-3H3,(H,20,21)(H,22,23). The number of nitrogens with one attached hydrogen (secondary N) is 2. The van der Waals surface area contributed by atoms with Crippen LogP contribution in [0.4, 0.5) is 11.5 Å². The Morgan fingerprint density at radius 2 is 2.04 bits per heavy atom. The lowest BCUT2D eigenvalue weighted by Gasteiger charge is -2.11. The van der Waals surface area contributed by atoms with Gasteiger partial charge in [0, 0.05) is 12.7 Å². The van der Waals surface area contributed by atoms with Crippen LogP contribution in [0.3, 0.4) is 0 Å². The molecule has 2 aromatic rings. The molecule has 2 N–H and O–H groups in total. The van der Waals surface area contributed by atoms with E-state index in [-0.39, 0.29) is 5.91 Å². The number of carbonyl (C=O) groups excluding carboxylic acids is 1. The molecule has 128 valence electrons. The number of amides is 1. The number of nitrogens with zero attached hydrogens (tertiary/aromatic N) is 1. The maximum Gasteiger partial charge on any atom is 0.257 e. The minimum atomic E-state index is -0.205. The summed E-state index contributed by atoms with van der Waals surface area (Å²) < 4.78 is 5.28. The SMILES string of the molecule is CCCCCNc1ccc(C(=O)Nc2cc(C)ccc2OC)cn1. The normalized spacial score (nSPS) is 10.3. The van der Waals surface area contributed by atoms with Gasteiger partial charge in [0.2, 0.25) is 0 Å². The summed E-state index contributed by atoms with van der Waals surface area (Å²) in [4.78, 5) is 16.7. The third-order valence-corrected chi connectivity index (χ3v) is 3.72. The Morgan fingerprint density at radius 3 is 2.71 bits per heavy atom. The molecule has 0 aliphatic rings. The monoisotopic (exact) mass is 327 g/mol. The number of pyridine rings is 1. The van der Waals surface area contributed by atoms with Crippen LogP contribution in [-0.4, -0.2) is 24.5 Å². The summed E-state index contributed by atoms with van der Waals surface area (Å²) in [7, 11) is 1.58. The van der Waals surface area contributed by atoms with Gasteiger partial charge in [0.15, 0.2) is 0 Å². The predicted molar refractivity (Wildman–Crippen MR) is 97.9 cm³/mol. The van der Waals surface area contributed by atoms with Gasteiger partial charge in [-0.3, -0.25) is 4.79 Å². The molecule has 0 spiro atoms. The number of hydrogen-bond acceptors (Lipinski definition) is 4. The molecule has 0 fully saturated rings. The Hall–Kier alpha value is -2.56. The smallest absolute Gasteiger partial charge is 0.257 e. The molecule has 0 aliphatic heterocycles. The summed E-state index contributed by atoms with van der Waals surface area (Å²) in [5.41, 5.74) is 2.22. The fraction of sp³-hybridized carbons (Fsp3) is 0.368. The molecule has 5 heteroatoms. The zero-order valence-electron chi connectivity index (χ0n) is 14.6. The van der Waals surface area contributed by atoms with Crippen molar-refractivity contribution in [2.24, 2.45) is 0 Å². The third-order valence-electron chi connectivity index (χ3n) is 3.72. The zero-order valence-corrected chi connectivity index (χ0v) is 14.6. The van der Waals surface area contributed by atoms with Gasteiger partial charge in [-0.25, -0.2) is 4.98 Å². The van der Waals surface area contributed by atoms with E-state index < -0.39 is 0 Å². The minimum absolute atomic E-state index is 0.205. The molecule has 1 heterocycles. The van der Waals surface area contributed by atoms with E-state index >= 15 is 0 Å². The highest BCUT2D eigenvalue weighted by Crippen LogP contribution is 2.25. The first-order chi connectivity index (χ1) is 11.6. The first-order valence-corrected chi connectivity index (χ1v) is 8.30. The number of ether oxygens (including phenoxy) is 1. The van der Waals surface area contributed by atoms with E-state index in [2.05, 4.69) is 22.5 Å². The lowest BCUT2D eigenvalue weighted by atomic mass is 10.2. The number of aromatic nitrogens is 1. The summed E-state index contributed by atoms with van der Waals surface area (Å²) in [5, 5.41) is 6.13. The van der Waals surface area contributed by atoms with E-state index in [1.165, 1.54) is 12.8 Å². The largest absolute Gasteiger partial charge is 0.495 e. The van der Waals surface area contributed by atoms with Crippen LogP contribution in [0.25, 0.3) is 0 Å². The quantitative estimate of drug-likeness (QED) is 0.711. The Labute approximate surface area is 143 Å². The van der Waals surface area contributed by atoms with Crippen molar-refractivity contribution in [3.8, 4) is 5.75 Å². The van der Waals surface area contributed by atoms with Gasteiger partial charge in [-0.05, 0) is 43.2 Å². The van der Waals surface area contributed by atoms with Crippen molar-refractivity contribution in [2.75, 3.05) is 24.3 Å². The van der Waals surface area contributed by atoms with E-state index in [1.807, 2.05) is 31.2 Å². The second-order valence-electron chi connectivity index (χ2n) is 5.72. The summed E-state index contributed by atoms with van der Waals surface area (Å²) in [6, 6.07) is 9.26. The number of unbranched alkanes of at least 4 members (excludes halogenated alkanes) is 2. The molecule has 0 bridgehead atoms. The van der Waals surface area contributed by atoms with E-state index in [9.17, 15) is 4.79 Å². The van der Waals surface area contributed by atoms with Gasteiger partial charge >= 0.3 is 0 Å². The van der Waals surface area contributed by atoms with Crippen molar-refractivity contribution in [2.45, 2.75) is 33.1 Å². The van der Waals surface area contributed by atoms with E-state index in [0.717, 1.165) is 24.3 Å². The number of anilines is 2. The molecular weight excluding hydrogens is 302 g/mol. The van der Waals surface area contributed by atoms with Gasteiger partial charge in [0.1, 0.15) is 11.6 Å². The predicted octanol–water partition coefficient (Wildman–Crippen LogP) is 4.25. The second-order valence-corrected chi connectivity index (χ2v) is 5.72. The van der Waals surface area contributed by atoms with Gasteiger partial charge in [0.05, 0.1) is 18.4 Å². The molecule has 24 heavy (non-hydrogen) atoms. The Bertz CT molecular complexity index is 669. The number of methoxy groups -OCH3 is 1. The van der Waals surface area contributed by atoms with Gasteiger partial charge < -0.3 is 15.4 Å². The lowest BCUT2D eigenvalue weighted by molar-refractivity contribution is 0.102. The van der Waals surface area contributed by atoms with Gasteiger partial charge in [-0.2, -0.15) is 0 Å². The van der Waals surface area contributed by atoms with E-state index in [4.69, 9.17) is 4.74 Å². The van der Waals surface area contributed by atoms with Crippen LogP contribution < -0.4 is 15.4 Å². The van der Waals surface area contributed by atoms with E-state index in [0.29, 0.717) is 17.0 Å². The molecule has 0 saturated heterocycles. The number of hydrogen-bond donors (Lipinski definition) is 2. The maximum absolute atomic E-state index is 12.4. The highest BCUT2D eigenvalue weighted by atomic mass is 16.5. The van der Waals surface area contributed by atoms with E-state index in [1.54, 1.807) is 19.4 Å². The molecule has 0 unspecified atom stereocenters. The topological polar surface area (TPSA) is 63.2 Å². The fourth-order valence-electron chi connectivity index (χ4n) is 2.34. The number of benzene rings is 1. The summed E-state index contributed by atoms with van der Waals surface area (Å²) in [6.45, 7) is 5.04. The van der Waals surface area contributed by atoms with Crippen molar-refractivity contribution in [1.82, 2.24) is 4.98 Å². The summed E-state index contributed by atoms with van der Waals surface area (Å²) in [5.74, 6) is 1.22. The highest BCUT2D eigenvalue weighted by molar-refractivity contribution is 6.05. The first kappa shape index (κ1) is 17.8. The third kappa shape index (κ3) is 4.98. The molecule has 5 nitrogen and oxygen atoms in total. The van der Waals surface area contributed by atoms with Gasteiger partial charge in [-0.1, -0.05) is 25.8 Å². The van der Waals surface area contributed by atoms with Crippen LogP contribution in [-0.2, 0) is 0 Å². The van der Waals surface area contributed by atoms with Crippen LogP contribution >= 0.6 is 0 Å². The molecule has 0 atom stereocenters. The van der Waals surface area contributed by atoms with Crippen LogP contribution in [0.2, 0.25) is 0 Å². The van der Waals surface area contributed by atoms with Crippen molar-refractivity contribution < 1.29 is 9.53 Å². The van der Waals surface area contributed by atoms with Crippen molar-refractivity contribution in [1.29, 1.82) is 0 Å². The molecule has 0 radical (unpaired) electrons. The highest BCUT2D eigenvalue weighted by Gasteiger charge is 2.10. The number of rotatable bonds is 8. The zero-order chi connectivity index (χ0) is 17.4. The van der Waals surface area contributed by atoms with Crippen molar-refractivity contribution >= 4 is 17.4 Å². The van der Waals surface area contributed by atoms with Crippen LogP contribution in [0.5, 0.6) is 5.75 Å². The molecule has 0 aliphatic carbocycles. The molecule has 0 saturated carbocycles. The molecule has 1 aromatic heterocycles. The Balaban J connectivity index is 1.99. The average Bonchev–Trinajstić information content (AvgIpc) is 2.59.